The molecular weight excluding hydrogens is 416 g/mol. The van der Waals surface area contributed by atoms with E-state index in [1.807, 2.05) is 49.4 Å². The molecule has 0 saturated carbocycles. The minimum absolute atomic E-state index is 0.295. The molecule has 7 nitrogen and oxygen atoms in total. The molecule has 4 heterocycles. The third-order valence-electron chi connectivity index (χ3n) is 6.69. The van der Waals surface area contributed by atoms with E-state index in [1.165, 1.54) is 11.6 Å². The van der Waals surface area contributed by atoms with Crippen LogP contribution in [0.3, 0.4) is 0 Å². The van der Waals surface area contributed by atoms with E-state index in [9.17, 15) is 9.59 Å². The lowest BCUT2D eigenvalue weighted by Gasteiger charge is -2.32. The van der Waals surface area contributed by atoms with Gasteiger partial charge in [0.1, 0.15) is 17.6 Å². The zero-order chi connectivity index (χ0) is 22.9. The molecule has 33 heavy (non-hydrogen) atoms. The van der Waals surface area contributed by atoms with E-state index in [2.05, 4.69) is 22.0 Å². The summed E-state index contributed by atoms with van der Waals surface area (Å²) < 4.78 is 11.0. The predicted octanol–water partition coefficient (Wildman–Crippen LogP) is 3.82. The molecule has 0 fully saturated rings. The van der Waals surface area contributed by atoms with Gasteiger partial charge in [0.15, 0.2) is 0 Å². The van der Waals surface area contributed by atoms with E-state index in [-0.39, 0.29) is 17.3 Å². The van der Waals surface area contributed by atoms with Crippen molar-refractivity contribution in [2.45, 2.75) is 25.8 Å². The molecule has 1 unspecified atom stereocenters. The average Bonchev–Trinajstić information content (AvgIpc) is 3.43. The van der Waals surface area contributed by atoms with Crippen molar-refractivity contribution in [1.29, 1.82) is 0 Å². The minimum Gasteiger partial charge on any atom is -0.464 e. The van der Waals surface area contributed by atoms with E-state index in [0.29, 0.717) is 10.9 Å². The van der Waals surface area contributed by atoms with Gasteiger partial charge in [-0.3, -0.25) is 13.9 Å². The van der Waals surface area contributed by atoms with Gasteiger partial charge in [-0.1, -0.05) is 36.4 Å². The summed E-state index contributed by atoms with van der Waals surface area (Å²) in [6, 6.07) is 13.5. The van der Waals surface area contributed by atoms with Crippen molar-refractivity contribution in [1.82, 2.24) is 19.0 Å². The molecule has 166 valence electrons. The molecule has 4 aromatic rings. The molecule has 1 aliphatic carbocycles. The van der Waals surface area contributed by atoms with Crippen LogP contribution in [0.2, 0.25) is 0 Å². The summed E-state index contributed by atoms with van der Waals surface area (Å²) in [5.41, 5.74) is 4.69. The first-order chi connectivity index (χ1) is 16.0. The molecule has 1 N–H and O–H groups in total. The Morgan fingerprint density at radius 2 is 1.82 bits per heavy atom. The predicted molar refractivity (Wildman–Crippen MR) is 128 cm³/mol. The Balaban J connectivity index is 1.86. The van der Waals surface area contributed by atoms with Gasteiger partial charge in [0, 0.05) is 19.8 Å². The zero-order valence-electron chi connectivity index (χ0n) is 18.8. The van der Waals surface area contributed by atoms with Gasteiger partial charge in [0.25, 0.3) is 5.56 Å². The van der Waals surface area contributed by atoms with Crippen molar-refractivity contribution in [3.05, 3.63) is 98.4 Å². The normalized spacial score (nSPS) is 17.2. The van der Waals surface area contributed by atoms with Crippen LogP contribution in [-0.4, -0.2) is 13.7 Å². The lowest BCUT2D eigenvalue weighted by atomic mass is 10.0. The number of aromatic nitrogens is 3. The second-order valence-electron chi connectivity index (χ2n) is 8.69. The molecular formula is C26H24N4O3. The second kappa shape index (κ2) is 7.00. The average molecular weight is 441 g/mol. The number of aryl methyl sites for hydroxylation is 2. The highest BCUT2D eigenvalue weighted by molar-refractivity contribution is 5.99. The maximum atomic E-state index is 13.6. The minimum atomic E-state index is -0.349. The molecule has 1 aromatic carbocycles. The monoisotopic (exact) mass is 440 g/mol. The summed E-state index contributed by atoms with van der Waals surface area (Å²) in [7, 11) is 3.27. The smallest absolute Gasteiger partial charge is 0.331 e. The summed E-state index contributed by atoms with van der Waals surface area (Å²) in [6.07, 6.45) is 5.98. The van der Waals surface area contributed by atoms with Crippen molar-refractivity contribution in [3.8, 4) is 11.3 Å². The number of allylic oxidation sites excluding steroid dienone is 3. The summed E-state index contributed by atoms with van der Waals surface area (Å²) in [4.78, 5) is 26.6. The Morgan fingerprint density at radius 1 is 1.03 bits per heavy atom. The standard InChI is InChI=1S/C26H24N4O3/c1-15-13-14-19(33-15)21-24-23-20(25(31)29(3)26(32)28(23)2)22(16-9-5-4-6-10-16)30(24)18-12-8-7-11-17(18)27-21/h4-7,9-11,13-14,21,27H,8,12H2,1-3H3. The van der Waals surface area contributed by atoms with Crippen molar-refractivity contribution in [3.63, 3.8) is 0 Å². The van der Waals surface area contributed by atoms with Gasteiger partial charge in [0.05, 0.1) is 28.0 Å². The van der Waals surface area contributed by atoms with Gasteiger partial charge in [-0.2, -0.15) is 0 Å². The van der Waals surface area contributed by atoms with Crippen LogP contribution in [-0.2, 0) is 14.1 Å². The fraction of sp³-hybridized carbons (Fsp3) is 0.231. The topological polar surface area (TPSA) is 74.1 Å². The molecule has 2 aliphatic rings. The molecule has 0 spiro atoms. The first kappa shape index (κ1) is 19.7. The fourth-order valence-electron chi connectivity index (χ4n) is 5.17. The van der Waals surface area contributed by atoms with Crippen LogP contribution in [0.1, 0.15) is 36.1 Å². The first-order valence-electron chi connectivity index (χ1n) is 11.1. The van der Waals surface area contributed by atoms with E-state index in [1.54, 1.807) is 11.6 Å². The van der Waals surface area contributed by atoms with Crippen LogP contribution in [0, 0.1) is 6.92 Å². The third-order valence-corrected chi connectivity index (χ3v) is 6.69. The Hall–Kier alpha value is -4.00. The summed E-state index contributed by atoms with van der Waals surface area (Å²) in [5.74, 6) is 1.55. The number of furan rings is 1. The van der Waals surface area contributed by atoms with Crippen molar-refractivity contribution in [2.75, 3.05) is 0 Å². The fourth-order valence-corrected chi connectivity index (χ4v) is 5.17. The van der Waals surface area contributed by atoms with Gasteiger partial charge in [-0.15, -0.1) is 0 Å². The van der Waals surface area contributed by atoms with Gasteiger partial charge in [0.2, 0.25) is 0 Å². The van der Waals surface area contributed by atoms with Crippen LogP contribution in [0.5, 0.6) is 0 Å². The number of hydrogen-bond donors (Lipinski definition) is 1. The molecule has 0 amide bonds. The molecule has 0 radical (unpaired) electrons. The molecule has 6 rings (SSSR count). The maximum absolute atomic E-state index is 13.6. The number of nitrogens with zero attached hydrogens (tertiary/aromatic N) is 3. The quantitative estimate of drug-likeness (QED) is 0.514. The Kier molecular flexibility index (Phi) is 4.17. The third kappa shape index (κ3) is 2.68. The van der Waals surface area contributed by atoms with Crippen LogP contribution in [0.4, 0.5) is 0 Å². The van der Waals surface area contributed by atoms with E-state index >= 15 is 0 Å². The summed E-state index contributed by atoms with van der Waals surface area (Å²) in [5, 5.41) is 4.17. The Morgan fingerprint density at radius 3 is 2.55 bits per heavy atom. The van der Waals surface area contributed by atoms with Crippen molar-refractivity contribution >= 4 is 16.6 Å². The van der Waals surface area contributed by atoms with Gasteiger partial charge >= 0.3 is 5.69 Å². The Bertz CT molecular complexity index is 1610. The number of nitrogens with one attached hydrogen (secondary N) is 1. The molecule has 7 heteroatoms. The second-order valence-corrected chi connectivity index (χ2v) is 8.69. The summed E-state index contributed by atoms with van der Waals surface area (Å²) >= 11 is 0. The SMILES string of the molecule is Cc1ccc(C2NC3=C(CCC=C3)n3c(-c4ccccc4)c4c(=O)n(C)c(=O)n(C)c4c32)o1. The number of hydrogen-bond acceptors (Lipinski definition) is 4. The van der Waals surface area contributed by atoms with Gasteiger partial charge < -0.3 is 14.3 Å². The van der Waals surface area contributed by atoms with Crippen molar-refractivity contribution < 1.29 is 4.42 Å². The largest absolute Gasteiger partial charge is 0.464 e. The lowest BCUT2D eigenvalue weighted by molar-refractivity contribution is 0.436. The van der Waals surface area contributed by atoms with Crippen LogP contribution >= 0.6 is 0 Å². The lowest BCUT2D eigenvalue weighted by Crippen LogP contribution is -2.37. The van der Waals surface area contributed by atoms with E-state index < -0.39 is 0 Å². The highest BCUT2D eigenvalue weighted by atomic mass is 16.3. The Labute approximate surface area is 189 Å². The molecule has 0 bridgehead atoms. The van der Waals surface area contributed by atoms with Gasteiger partial charge in [-0.05, 0) is 43.5 Å². The maximum Gasteiger partial charge on any atom is 0.331 e. The number of benzene rings is 1. The highest BCUT2D eigenvalue weighted by Gasteiger charge is 2.36. The molecule has 1 atom stereocenters. The summed E-state index contributed by atoms with van der Waals surface area (Å²) in [6.45, 7) is 1.91. The zero-order valence-corrected chi connectivity index (χ0v) is 18.8. The van der Waals surface area contributed by atoms with Crippen LogP contribution in [0.25, 0.3) is 27.9 Å². The van der Waals surface area contributed by atoms with Crippen molar-refractivity contribution in [2.24, 2.45) is 14.1 Å². The highest BCUT2D eigenvalue weighted by Crippen LogP contribution is 2.44. The van der Waals surface area contributed by atoms with Crippen LogP contribution < -0.4 is 16.6 Å². The molecule has 0 saturated heterocycles. The molecule has 3 aromatic heterocycles. The van der Waals surface area contributed by atoms with Gasteiger partial charge in [-0.25, -0.2) is 4.79 Å². The number of rotatable bonds is 2. The first-order valence-corrected chi connectivity index (χ1v) is 11.1. The number of fused-ring (bicyclic) bond motifs is 4. The van der Waals surface area contributed by atoms with E-state index in [4.69, 9.17) is 4.42 Å². The van der Waals surface area contributed by atoms with Crippen LogP contribution in [0.15, 0.2) is 74.3 Å². The van der Waals surface area contributed by atoms with E-state index in [0.717, 1.165) is 52.7 Å². The molecule has 1 aliphatic heterocycles.